The van der Waals surface area contributed by atoms with Gasteiger partial charge in [-0.25, -0.2) is 4.39 Å². The second-order valence-electron chi connectivity index (χ2n) is 4.79. The van der Waals surface area contributed by atoms with E-state index < -0.39 is 0 Å². The number of benzene rings is 2. The first-order valence-corrected chi connectivity index (χ1v) is 6.58. The van der Waals surface area contributed by atoms with E-state index in [4.69, 9.17) is 5.73 Å². The molecule has 0 aliphatic carbocycles. The van der Waals surface area contributed by atoms with E-state index in [1.807, 2.05) is 12.1 Å². The largest absolute Gasteiger partial charge is 0.399 e. The van der Waals surface area contributed by atoms with Crippen molar-refractivity contribution in [2.45, 2.75) is 6.54 Å². The van der Waals surface area contributed by atoms with E-state index in [9.17, 15) is 9.18 Å². The molecule has 4 heteroatoms. The number of nitrogens with two attached hydrogens (primary N) is 1. The first-order valence-electron chi connectivity index (χ1n) is 6.58. The molecule has 0 radical (unpaired) electrons. The fourth-order valence-corrected chi connectivity index (χ4v) is 1.86. The smallest absolute Gasteiger partial charge is 0.246 e. The predicted molar refractivity (Wildman–Crippen MR) is 82.8 cm³/mol. The van der Waals surface area contributed by atoms with Gasteiger partial charge in [-0.2, -0.15) is 0 Å². The molecule has 0 saturated carbocycles. The predicted octanol–water partition coefficient (Wildman–Crippen LogP) is 3.08. The molecule has 0 spiro atoms. The van der Waals surface area contributed by atoms with Gasteiger partial charge in [0.05, 0.1) is 0 Å². The van der Waals surface area contributed by atoms with Crippen LogP contribution in [0.4, 0.5) is 10.1 Å². The Balaban J connectivity index is 1.99. The molecule has 3 nitrogen and oxygen atoms in total. The summed E-state index contributed by atoms with van der Waals surface area (Å²) >= 11 is 0. The Labute approximate surface area is 123 Å². The zero-order valence-electron chi connectivity index (χ0n) is 11.8. The highest BCUT2D eigenvalue weighted by Crippen LogP contribution is 2.10. The average molecular weight is 284 g/mol. The molecule has 2 rings (SSSR count). The van der Waals surface area contributed by atoms with E-state index in [2.05, 4.69) is 0 Å². The highest BCUT2D eigenvalue weighted by Gasteiger charge is 2.08. The van der Waals surface area contributed by atoms with Crippen LogP contribution in [0.3, 0.4) is 0 Å². The molecular formula is C17H17FN2O. The van der Waals surface area contributed by atoms with Crippen LogP contribution >= 0.6 is 0 Å². The van der Waals surface area contributed by atoms with Crippen molar-refractivity contribution < 1.29 is 9.18 Å². The molecule has 2 N–H and O–H groups in total. The Kier molecular flexibility index (Phi) is 4.72. The van der Waals surface area contributed by atoms with Crippen LogP contribution in [0.1, 0.15) is 11.1 Å². The van der Waals surface area contributed by atoms with Crippen molar-refractivity contribution in [2.75, 3.05) is 12.8 Å². The van der Waals surface area contributed by atoms with Crippen LogP contribution in [0, 0.1) is 5.82 Å². The molecule has 0 bridgehead atoms. The van der Waals surface area contributed by atoms with E-state index in [1.165, 1.54) is 17.0 Å². The zero-order valence-corrected chi connectivity index (χ0v) is 11.8. The van der Waals surface area contributed by atoms with Crippen LogP contribution in [0.2, 0.25) is 0 Å². The number of halogens is 1. The highest BCUT2D eigenvalue weighted by molar-refractivity contribution is 5.91. The van der Waals surface area contributed by atoms with E-state index in [0.29, 0.717) is 11.3 Å². The Bertz CT molecular complexity index is 650. The number of hydrogen-bond acceptors (Lipinski definition) is 2. The first-order chi connectivity index (χ1) is 10.1. The SMILES string of the molecule is CN(Cc1ccccc1F)C(=O)/C=C/c1ccc(N)cc1. The highest BCUT2D eigenvalue weighted by atomic mass is 19.1. The maximum atomic E-state index is 13.5. The number of carbonyl (C=O) groups is 1. The van der Waals surface area contributed by atoms with Gasteiger partial charge < -0.3 is 10.6 Å². The quantitative estimate of drug-likeness (QED) is 0.692. The minimum atomic E-state index is -0.306. The van der Waals surface area contributed by atoms with Crippen molar-refractivity contribution in [1.29, 1.82) is 0 Å². The van der Waals surface area contributed by atoms with Gasteiger partial charge in [0.25, 0.3) is 0 Å². The van der Waals surface area contributed by atoms with Crippen molar-refractivity contribution in [3.63, 3.8) is 0 Å². The summed E-state index contributed by atoms with van der Waals surface area (Å²) < 4.78 is 13.5. The van der Waals surface area contributed by atoms with Crippen LogP contribution < -0.4 is 5.73 Å². The minimum absolute atomic E-state index is 0.185. The molecular weight excluding hydrogens is 267 g/mol. The van der Waals surface area contributed by atoms with E-state index in [1.54, 1.807) is 43.5 Å². The van der Waals surface area contributed by atoms with E-state index in [-0.39, 0.29) is 18.3 Å². The minimum Gasteiger partial charge on any atom is -0.399 e. The Morgan fingerprint density at radius 1 is 1.19 bits per heavy atom. The lowest BCUT2D eigenvalue weighted by Crippen LogP contribution is -2.24. The topological polar surface area (TPSA) is 46.3 Å². The van der Waals surface area contributed by atoms with Crippen molar-refractivity contribution in [3.8, 4) is 0 Å². The average Bonchev–Trinajstić information content (AvgIpc) is 2.48. The summed E-state index contributed by atoms with van der Waals surface area (Å²) in [7, 11) is 1.64. The first kappa shape index (κ1) is 14.8. The number of likely N-dealkylation sites (N-methyl/N-ethyl adjacent to an activating group) is 1. The molecule has 0 aromatic heterocycles. The number of nitrogens with zero attached hydrogens (tertiary/aromatic N) is 1. The van der Waals surface area contributed by atoms with Crippen LogP contribution in [0.25, 0.3) is 6.08 Å². The van der Waals surface area contributed by atoms with Gasteiger partial charge in [-0.3, -0.25) is 4.79 Å². The number of rotatable bonds is 4. The number of carbonyl (C=O) groups excluding carboxylic acids is 1. The van der Waals surface area contributed by atoms with Gasteiger partial charge in [0, 0.05) is 30.9 Å². The molecule has 0 aliphatic heterocycles. The van der Waals surface area contributed by atoms with Gasteiger partial charge in [0.2, 0.25) is 5.91 Å². The van der Waals surface area contributed by atoms with Crippen LogP contribution in [0.15, 0.2) is 54.6 Å². The molecule has 0 unspecified atom stereocenters. The third-order valence-electron chi connectivity index (χ3n) is 3.10. The van der Waals surface area contributed by atoms with Crippen molar-refractivity contribution in [1.82, 2.24) is 4.90 Å². The number of hydrogen-bond donors (Lipinski definition) is 1. The van der Waals surface area contributed by atoms with Crippen LogP contribution in [0.5, 0.6) is 0 Å². The summed E-state index contributed by atoms with van der Waals surface area (Å²) in [4.78, 5) is 13.5. The van der Waals surface area contributed by atoms with Gasteiger partial charge in [0.15, 0.2) is 0 Å². The summed E-state index contributed by atoms with van der Waals surface area (Å²) in [5.41, 5.74) is 7.65. The maximum Gasteiger partial charge on any atom is 0.246 e. The Morgan fingerprint density at radius 2 is 1.86 bits per heavy atom. The summed E-state index contributed by atoms with van der Waals surface area (Å²) in [6.07, 6.45) is 3.17. The molecule has 2 aromatic rings. The molecule has 1 amide bonds. The van der Waals surface area contributed by atoms with E-state index >= 15 is 0 Å². The standard InChI is InChI=1S/C17H17FN2O/c1-20(12-14-4-2-3-5-16(14)18)17(21)11-8-13-6-9-15(19)10-7-13/h2-11H,12,19H2,1H3/b11-8+. The fraction of sp³-hybridized carbons (Fsp3) is 0.118. The molecule has 108 valence electrons. The normalized spacial score (nSPS) is 10.8. The molecule has 0 aliphatic rings. The van der Waals surface area contributed by atoms with Gasteiger partial charge in [-0.05, 0) is 29.8 Å². The lowest BCUT2D eigenvalue weighted by molar-refractivity contribution is -0.125. The van der Waals surface area contributed by atoms with Crippen molar-refractivity contribution >= 4 is 17.7 Å². The lowest BCUT2D eigenvalue weighted by atomic mass is 10.2. The van der Waals surface area contributed by atoms with E-state index in [0.717, 1.165) is 5.56 Å². The number of nitrogen functional groups attached to an aromatic ring is 1. The summed E-state index contributed by atoms with van der Waals surface area (Å²) in [6, 6.07) is 13.6. The van der Waals surface area contributed by atoms with Gasteiger partial charge >= 0.3 is 0 Å². The zero-order chi connectivity index (χ0) is 15.2. The maximum absolute atomic E-state index is 13.5. The molecule has 0 atom stereocenters. The van der Waals surface area contributed by atoms with Crippen molar-refractivity contribution in [2.24, 2.45) is 0 Å². The summed E-state index contributed by atoms with van der Waals surface area (Å²) in [6.45, 7) is 0.234. The Hall–Kier alpha value is -2.62. The molecule has 0 heterocycles. The summed E-state index contributed by atoms with van der Waals surface area (Å²) in [5.74, 6) is -0.491. The van der Waals surface area contributed by atoms with Gasteiger partial charge in [-0.15, -0.1) is 0 Å². The molecule has 2 aromatic carbocycles. The number of anilines is 1. The lowest BCUT2D eigenvalue weighted by Gasteiger charge is -2.15. The summed E-state index contributed by atoms with van der Waals surface area (Å²) in [5, 5.41) is 0. The second-order valence-corrected chi connectivity index (χ2v) is 4.79. The monoisotopic (exact) mass is 284 g/mol. The van der Waals surface area contributed by atoms with Gasteiger partial charge in [0.1, 0.15) is 5.82 Å². The fourth-order valence-electron chi connectivity index (χ4n) is 1.86. The van der Waals surface area contributed by atoms with Crippen LogP contribution in [-0.2, 0) is 11.3 Å². The second kappa shape index (κ2) is 6.70. The van der Waals surface area contributed by atoms with Crippen molar-refractivity contribution in [3.05, 3.63) is 71.6 Å². The van der Waals surface area contributed by atoms with Gasteiger partial charge in [-0.1, -0.05) is 30.3 Å². The number of amides is 1. The Morgan fingerprint density at radius 3 is 2.52 bits per heavy atom. The van der Waals surface area contributed by atoms with Crippen LogP contribution in [-0.4, -0.2) is 17.9 Å². The third-order valence-corrected chi connectivity index (χ3v) is 3.10. The molecule has 0 saturated heterocycles. The molecule has 21 heavy (non-hydrogen) atoms. The molecule has 0 fully saturated rings. The third kappa shape index (κ3) is 4.18.